The van der Waals surface area contributed by atoms with Crippen LogP contribution in [0.3, 0.4) is 0 Å². The van der Waals surface area contributed by atoms with Crippen LogP contribution in [0, 0.1) is 16.0 Å². The van der Waals surface area contributed by atoms with Crippen molar-refractivity contribution in [2.75, 3.05) is 18.9 Å². The van der Waals surface area contributed by atoms with E-state index in [1.807, 2.05) is 0 Å². The second-order valence-electron chi connectivity index (χ2n) is 4.39. The maximum absolute atomic E-state index is 11.5. The van der Waals surface area contributed by atoms with E-state index in [1.165, 1.54) is 19.2 Å². The SMILES string of the molecule is CCC(CNc1ccc(C(=O)NC)cc1[N+](=O)[O-])C(=O)O. The van der Waals surface area contributed by atoms with Crippen LogP contribution in [-0.4, -0.2) is 35.5 Å². The summed E-state index contributed by atoms with van der Waals surface area (Å²) in [6.07, 6.45) is 0.409. The molecule has 0 aliphatic rings. The summed E-state index contributed by atoms with van der Waals surface area (Å²) in [5.41, 5.74) is 0.0868. The number of hydrogen-bond donors (Lipinski definition) is 3. The summed E-state index contributed by atoms with van der Waals surface area (Å²) in [5, 5.41) is 25.1. The topological polar surface area (TPSA) is 122 Å². The maximum Gasteiger partial charge on any atom is 0.308 e. The number of nitro benzene ring substituents is 1. The van der Waals surface area contributed by atoms with Gasteiger partial charge in [0, 0.05) is 25.2 Å². The van der Waals surface area contributed by atoms with E-state index in [4.69, 9.17) is 5.11 Å². The Morgan fingerprint density at radius 2 is 2.10 bits per heavy atom. The van der Waals surface area contributed by atoms with Gasteiger partial charge in [-0.15, -0.1) is 0 Å². The Morgan fingerprint density at radius 1 is 1.43 bits per heavy atom. The average Bonchev–Trinajstić information content (AvgIpc) is 2.46. The number of carbonyl (C=O) groups is 2. The van der Waals surface area contributed by atoms with Gasteiger partial charge in [0.1, 0.15) is 5.69 Å². The van der Waals surface area contributed by atoms with Crippen LogP contribution in [0.2, 0.25) is 0 Å². The number of aliphatic carboxylic acids is 1. The lowest BCUT2D eigenvalue weighted by Crippen LogP contribution is -2.22. The zero-order valence-corrected chi connectivity index (χ0v) is 11.8. The molecule has 8 heteroatoms. The summed E-state index contributed by atoms with van der Waals surface area (Å²) < 4.78 is 0. The van der Waals surface area contributed by atoms with E-state index in [0.29, 0.717) is 6.42 Å². The van der Waals surface area contributed by atoms with Gasteiger partial charge >= 0.3 is 5.97 Å². The number of amides is 1. The third kappa shape index (κ3) is 4.16. The van der Waals surface area contributed by atoms with Crippen molar-refractivity contribution in [3.63, 3.8) is 0 Å². The molecule has 1 rings (SSSR count). The molecule has 0 aromatic heterocycles. The van der Waals surface area contributed by atoms with Gasteiger partial charge in [-0.3, -0.25) is 19.7 Å². The lowest BCUT2D eigenvalue weighted by molar-refractivity contribution is -0.384. The first kappa shape index (κ1) is 16.4. The first-order chi connectivity index (χ1) is 9.90. The van der Waals surface area contributed by atoms with Gasteiger partial charge in [-0.2, -0.15) is 0 Å². The number of hydrogen-bond acceptors (Lipinski definition) is 5. The molecule has 0 aliphatic carbocycles. The van der Waals surface area contributed by atoms with Gasteiger partial charge in [-0.25, -0.2) is 0 Å². The van der Waals surface area contributed by atoms with Crippen molar-refractivity contribution in [2.45, 2.75) is 13.3 Å². The zero-order chi connectivity index (χ0) is 16.0. The molecule has 114 valence electrons. The molecule has 0 spiro atoms. The van der Waals surface area contributed by atoms with E-state index < -0.39 is 22.7 Å². The van der Waals surface area contributed by atoms with Crippen LogP contribution in [0.15, 0.2) is 18.2 Å². The summed E-state index contributed by atoms with van der Waals surface area (Å²) in [4.78, 5) is 32.8. The Morgan fingerprint density at radius 3 is 2.57 bits per heavy atom. The Bertz CT molecular complexity index is 559. The standard InChI is InChI=1S/C13H17N3O5/c1-3-8(13(18)19)7-15-10-5-4-9(12(17)14-2)6-11(10)16(20)21/h4-6,8,15H,3,7H2,1-2H3,(H,14,17)(H,18,19). The highest BCUT2D eigenvalue weighted by molar-refractivity contribution is 5.95. The van der Waals surface area contributed by atoms with Crippen LogP contribution in [0.4, 0.5) is 11.4 Å². The average molecular weight is 295 g/mol. The highest BCUT2D eigenvalue weighted by Gasteiger charge is 2.20. The summed E-state index contributed by atoms with van der Waals surface area (Å²) >= 11 is 0. The fraction of sp³-hybridized carbons (Fsp3) is 0.385. The van der Waals surface area contributed by atoms with Crippen LogP contribution in [0.5, 0.6) is 0 Å². The van der Waals surface area contributed by atoms with E-state index in [-0.39, 0.29) is 23.5 Å². The highest BCUT2D eigenvalue weighted by atomic mass is 16.6. The van der Waals surface area contributed by atoms with Crippen molar-refractivity contribution in [3.8, 4) is 0 Å². The van der Waals surface area contributed by atoms with Crippen LogP contribution < -0.4 is 10.6 Å². The molecule has 0 radical (unpaired) electrons. The number of nitrogens with zero attached hydrogens (tertiary/aromatic N) is 1. The van der Waals surface area contributed by atoms with E-state index in [2.05, 4.69) is 10.6 Å². The van der Waals surface area contributed by atoms with Crippen LogP contribution >= 0.6 is 0 Å². The molecule has 1 atom stereocenters. The van der Waals surface area contributed by atoms with Crippen molar-refractivity contribution in [2.24, 2.45) is 5.92 Å². The fourth-order valence-corrected chi connectivity index (χ4v) is 1.76. The monoisotopic (exact) mass is 295 g/mol. The molecule has 1 aromatic rings. The Balaban J connectivity index is 2.99. The predicted octanol–water partition coefficient (Wildman–Crippen LogP) is 1.48. The molecule has 0 saturated heterocycles. The largest absolute Gasteiger partial charge is 0.481 e. The minimum absolute atomic E-state index is 0.0754. The van der Waals surface area contributed by atoms with Crippen LogP contribution in [-0.2, 0) is 4.79 Å². The lowest BCUT2D eigenvalue weighted by atomic mass is 10.1. The summed E-state index contributed by atoms with van der Waals surface area (Å²) in [7, 11) is 1.43. The summed E-state index contributed by atoms with van der Waals surface area (Å²) in [6.45, 7) is 1.80. The molecular weight excluding hydrogens is 278 g/mol. The van der Waals surface area contributed by atoms with Gasteiger partial charge < -0.3 is 15.7 Å². The predicted molar refractivity (Wildman–Crippen MR) is 76.4 cm³/mol. The first-order valence-electron chi connectivity index (χ1n) is 6.37. The zero-order valence-electron chi connectivity index (χ0n) is 11.8. The number of carboxylic acids is 1. The maximum atomic E-state index is 11.5. The number of anilines is 1. The molecule has 1 amide bonds. The number of nitrogens with one attached hydrogen (secondary N) is 2. The molecule has 0 saturated carbocycles. The highest BCUT2D eigenvalue weighted by Crippen LogP contribution is 2.26. The van der Waals surface area contributed by atoms with E-state index in [9.17, 15) is 19.7 Å². The van der Waals surface area contributed by atoms with Gasteiger partial charge in [-0.1, -0.05) is 6.92 Å². The molecular formula is C13H17N3O5. The fourth-order valence-electron chi connectivity index (χ4n) is 1.76. The summed E-state index contributed by atoms with van der Waals surface area (Å²) in [5.74, 6) is -2.03. The number of carbonyl (C=O) groups excluding carboxylic acids is 1. The molecule has 0 aliphatic heterocycles. The number of rotatable bonds is 7. The molecule has 21 heavy (non-hydrogen) atoms. The molecule has 8 nitrogen and oxygen atoms in total. The van der Waals surface area contributed by atoms with Crippen molar-refractivity contribution in [1.82, 2.24) is 5.32 Å². The second kappa shape index (κ2) is 7.22. The molecule has 1 aromatic carbocycles. The summed E-state index contributed by atoms with van der Waals surface area (Å²) in [6, 6.07) is 4.00. The molecule has 0 heterocycles. The number of benzene rings is 1. The molecule has 0 bridgehead atoms. The van der Waals surface area contributed by atoms with Crippen molar-refractivity contribution >= 4 is 23.3 Å². The Kier molecular flexibility index (Phi) is 5.65. The Labute approximate surface area is 121 Å². The van der Waals surface area contributed by atoms with Gasteiger partial charge in [0.2, 0.25) is 0 Å². The van der Waals surface area contributed by atoms with Crippen LogP contribution in [0.1, 0.15) is 23.7 Å². The van der Waals surface area contributed by atoms with E-state index in [1.54, 1.807) is 6.92 Å². The van der Waals surface area contributed by atoms with Crippen LogP contribution in [0.25, 0.3) is 0 Å². The minimum Gasteiger partial charge on any atom is -0.481 e. The van der Waals surface area contributed by atoms with Gasteiger partial charge in [0.15, 0.2) is 0 Å². The first-order valence-corrected chi connectivity index (χ1v) is 6.37. The number of nitro groups is 1. The van der Waals surface area contributed by atoms with Crippen molar-refractivity contribution in [1.29, 1.82) is 0 Å². The molecule has 1 unspecified atom stereocenters. The normalized spacial score (nSPS) is 11.5. The van der Waals surface area contributed by atoms with Crippen molar-refractivity contribution in [3.05, 3.63) is 33.9 Å². The minimum atomic E-state index is -0.963. The Hall–Kier alpha value is -2.64. The lowest BCUT2D eigenvalue weighted by Gasteiger charge is -2.12. The second-order valence-corrected chi connectivity index (χ2v) is 4.39. The third-order valence-corrected chi connectivity index (χ3v) is 3.06. The van der Waals surface area contributed by atoms with E-state index in [0.717, 1.165) is 6.07 Å². The van der Waals surface area contributed by atoms with Gasteiger partial charge in [0.05, 0.1) is 10.8 Å². The van der Waals surface area contributed by atoms with Crippen molar-refractivity contribution < 1.29 is 19.6 Å². The quantitative estimate of drug-likeness (QED) is 0.517. The van der Waals surface area contributed by atoms with E-state index >= 15 is 0 Å². The van der Waals surface area contributed by atoms with Gasteiger partial charge in [-0.05, 0) is 18.6 Å². The number of carboxylic acid groups (broad SMARTS) is 1. The van der Waals surface area contributed by atoms with Gasteiger partial charge in [0.25, 0.3) is 11.6 Å². The third-order valence-electron chi connectivity index (χ3n) is 3.06. The molecule has 3 N–H and O–H groups in total. The smallest absolute Gasteiger partial charge is 0.308 e. The molecule has 0 fully saturated rings.